The van der Waals surface area contributed by atoms with Crippen LogP contribution in [0.3, 0.4) is 0 Å². The number of carbonyl (C=O) groups excluding carboxylic acids is 4. The van der Waals surface area contributed by atoms with E-state index in [4.69, 9.17) is 23.7 Å². The Morgan fingerprint density at radius 2 is 1.52 bits per heavy atom. The number of hydrogen-bond acceptors (Lipinski definition) is 9. The van der Waals surface area contributed by atoms with Crippen molar-refractivity contribution in [3.05, 3.63) is 47.0 Å². The summed E-state index contributed by atoms with van der Waals surface area (Å²) in [6, 6.07) is 7.63. The largest absolute Gasteiger partial charge is 0.493 e. The van der Waals surface area contributed by atoms with Crippen LogP contribution in [0.1, 0.15) is 48.4 Å². The summed E-state index contributed by atoms with van der Waals surface area (Å²) in [5.74, 6) is -1.84. The molecule has 1 heterocycles. The number of ether oxygens (including phenoxy) is 5. The third-order valence-corrected chi connectivity index (χ3v) is 4.34. The Morgan fingerprint density at radius 3 is 2.13 bits per heavy atom. The maximum absolute atomic E-state index is 12.8. The first-order valence-electron chi connectivity index (χ1n) is 9.29. The second-order valence-corrected chi connectivity index (χ2v) is 6.74. The van der Waals surface area contributed by atoms with E-state index < -0.39 is 30.0 Å². The third kappa shape index (κ3) is 5.00. The second kappa shape index (κ2) is 8.86. The molecule has 0 bridgehead atoms. The van der Waals surface area contributed by atoms with Gasteiger partial charge in [-0.05, 0) is 29.3 Å². The van der Waals surface area contributed by atoms with Gasteiger partial charge in [0.05, 0.1) is 7.11 Å². The zero-order chi connectivity index (χ0) is 22.7. The molecule has 9 nitrogen and oxygen atoms in total. The van der Waals surface area contributed by atoms with Crippen LogP contribution in [-0.2, 0) is 25.5 Å². The second-order valence-electron chi connectivity index (χ2n) is 6.74. The van der Waals surface area contributed by atoms with Gasteiger partial charge >= 0.3 is 23.9 Å². The molecule has 31 heavy (non-hydrogen) atoms. The fourth-order valence-electron chi connectivity index (χ4n) is 3.24. The molecule has 0 saturated heterocycles. The summed E-state index contributed by atoms with van der Waals surface area (Å²) in [6.45, 7) is 3.68. The molecule has 162 valence electrons. The zero-order valence-corrected chi connectivity index (χ0v) is 17.3. The number of rotatable bonds is 5. The van der Waals surface area contributed by atoms with Gasteiger partial charge in [-0.3, -0.25) is 14.4 Å². The molecule has 0 radical (unpaired) electrons. The van der Waals surface area contributed by atoms with Crippen LogP contribution in [0.2, 0.25) is 0 Å². The maximum Gasteiger partial charge on any atom is 0.342 e. The van der Waals surface area contributed by atoms with Gasteiger partial charge in [-0.25, -0.2) is 4.79 Å². The minimum atomic E-state index is -0.724. The highest BCUT2D eigenvalue weighted by atomic mass is 16.6. The number of carbonyl (C=O) groups is 4. The fraction of sp³-hybridized carbons (Fsp3) is 0.273. The van der Waals surface area contributed by atoms with Gasteiger partial charge in [-0.15, -0.1) is 0 Å². The lowest BCUT2D eigenvalue weighted by atomic mass is 9.93. The SMILES string of the molecule is COc1ccc([C@H]2Cc3cc(OC(C)=O)cc(OC(C)=O)c3C(=O)O2)cc1OC(C)=O. The molecule has 0 spiro atoms. The van der Waals surface area contributed by atoms with Crippen LogP contribution in [0, 0.1) is 0 Å². The molecule has 0 aliphatic carbocycles. The van der Waals surface area contributed by atoms with E-state index in [9.17, 15) is 19.2 Å². The molecule has 0 saturated carbocycles. The van der Waals surface area contributed by atoms with Gasteiger partial charge in [0.15, 0.2) is 11.5 Å². The van der Waals surface area contributed by atoms with Crippen LogP contribution < -0.4 is 18.9 Å². The van der Waals surface area contributed by atoms with Crippen molar-refractivity contribution in [3.8, 4) is 23.0 Å². The van der Waals surface area contributed by atoms with Crippen molar-refractivity contribution in [1.29, 1.82) is 0 Å². The topological polar surface area (TPSA) is 114 Å². The van der Waals surface area contributed by atoms with Crippen molar-refractivity contribution in [1.82, 2.24) is 0 Å². The molecule has 1 aliphatic rings. The lowest BCUT2D eigenvalue weighted by molar-refractivity contribution is -0.133. The minimum absolute atomic E-state index is 0.0555. The predicted octanol–water partition coefficient (Wildman–Crippen LogP) is 2.93. The number of methoxy groups -OCH3 is 1. The summed E-state index contributed by atoms with van der Waals surface area (Å²) in [5.41, 5.74) is 1.11. The van der Waals surface area contributed by atoms with Gasteiger partial charge in [0, 0.05) is 33.3 Å². The van der Waals surface area contributed by atoms with E-state index in [0.717, 1.165) is 0 Å². The Morgan fingerprint density at radius 1 is 0.871 bits per heavy atom. The molecule has 0 N–H and O–H groups in total. The standard InChI is InChI=1S/C22H20O9/c1-11(23)28-16-7-15-9-18(31-22(26)21(15)20(10-16)30-13(3)25)14-5-6-17(27-4)19(8-14)29-12(2)24/h5-8,10,18H,9H2,1-4H3/t18-/m1/s1. The van der Waals surface area contributed by atoms with Crippen LogP contribution in [0.5, 0.6) is 23.0 Å². The van der Waals surface area contributed by atoms with Gasteiger partial charge in [0.1, 0.15) is 23.2 Å². The van der Waals surface area contributed by atoms with Crippen LogP contribution >= 0.6 is 0 Å². The Labute approximate surface area is 177 Å². The highest BCUT2D eigenvalue weighted by Crippen LogP contribution is 2.40. The van der Waals surface area contributed by atoms with Crippen molar-refractivity contribution in [2.75, 3.05) is 7.11 Å². The average molecular weight is 428 g/mol. The Kier molecular flexibility index (Phi) is 6.24. The molecule has 0 aromatic heterocycles. The van der Waals surface area contributed by atoms with Gasteiger partial charge < -0.3 is 23.7 Å². The first-order valence-corrected chi connectivity index (χ1v) is 9.29. The van der Waals surface area contributed by atoms with Gasteiger partial charge in [-0.2, -0.15) is 0 Å². The average Bonchev–Trinajstić information content (AvgIpc) is 2.65. The molecule has 1 aliphatic heterocycles. The molecular weight excluding hydrogens is 408 g/mol. The van der Waals surface area contributed by atoms with E-state index in [1.165, 1.54) is 40.0 Å². The van der Waals surface area contributed by atoms with E-state index in [0.29, 0.717) is 16.9 Å². The molecule has 0 fully saturated rings. The monoisotopic (exact) mass is 428 g/mol. The molecule has 1 atom stereocenters. The lowest BCUT2D eigenvalue weighted by Crippen LogP contribution is -2.23. The molecule has 3 rings (SSSR count). The summed E-state index contributed by atoms with van der Waals surface area (Å²) in [6.07, 6.45) is -0.519. The summed E-state index contributed by atoms with van der Waals surface area (Å²) < 4.78 is 26.2. The lowest BCUT2D eigenvalue weighted by Gasteiger charge is -2.27. The van der Waals surface area contributed by atoms with Crippen molar-refractivity contribution in [2.45, 2.75) is 33.3 Å². The van der Waals surface area contributed by atoms with Crippen LogP contribution in [0.4, 0.5) is 0 Å². The molecular formula is C22H20O9. The highest BCUT2D eigenvalue weighted by Gasteiger charge is 2.32. The molecule has 0 amide bonds. The summed E-state index contributed by atoms with van der Waals surface area (Å²) in [4.78, 5) is 47.0. The Balaban J connectivity index is 2.02. The van der Waals surface area contributed by atoms with Crippen molar-refractivity contribution >= 4 is 23.9 Å². The number of benzene rings is 2. The van der Waals surface area contributed by atoms with Crippen molar-refractivity contribution in [3.63, 3.8) is 0 Å². The number of cyclic esters (lactones) is 1. The molecule has 9 heteroatoms. The van der Waals surface area contributed by atoms with Crippen LogP contribution in [0.25, 0.3) is 0 Å². The van der Waals surface area contributed by atoms with Gasteiger partial charge in [0.2, 0.25) is 0 Å². The van der Waals surface area contributed by atoms with Gasteiger partial charge in [-0.1, -0.05) is 6.07 Å². The van der Waals surface area contributed by atoms with Crippen molar-refractivity contribution < 1.29 is 42.9 Å². The first kappa shape index (κ1) is 21.8. The number of esters is 4. The molecule has 2 aromatic rings. The predicted molar refractivity (Wildman–Crippen MR) is 105 cm³/mol. The Bertz CT molecular complexity index is 1070. The number of hydrogen-bond donors (Lipinski definition) is 0. The zero-order valence-electron chi connectivity index (χ0n) is 17.3. The van der Waals surface area contributed by atoms with E-state index >= 15 is 0 Å². The van der Waals surface area contributed by atoms with Crippen LogP contribution in [0.15, 0.2) is 30.3 Å². The van der Waals surface area contributed by atoms with E-state index in [1.54, 1.807) is 18.2 Å². The minimum Gasteiger partial charge on any atom is -0.493 e. The first-order chi connectivity index (χ1) is 14.7. The Hall–Kier alpha value is -3.88. The third-order valence-electron chi connectivity index (χ3n) is 4.34. The maximum atomic E-state index is 12.8. The normalized spacial score (nSPS) is 14.7. The summed E-state index contributed by atoms with van der Waals surface area (Å²) in [5, 5.41) is 0. The van der Waals surface area contributed by atoms with Gasteiger partial charge in [0.25, 0.3) is 0 Å². The smallest absolute Gasteiger partial charge is 0.342 e. The molecule has 0 unspecified atom stereocenters. The summed E-state index contributed by atoms with van der Waals surface area (Å²) in [7, 11) is 1.44. The highest BCUT2D eigenvalue weighted by molar-refractivity contribution is 5.96. The van der Waals surface area contributed by atoms with E-state index in [-0.39, 0.29) is 29.2 Å². The number of fused-ring (bicyclic) bond motifs is 1. The fourth-order valence-corrected chi connectivity index (χ4v) is 3.24. The quantitative estimate of drug-likeness (QED) is 0.524. The molecule has 2 aromatic carbocycles. The van der Waals surface area contributed by atoms with E-state index in [2.05, 4.69) is 0 Å². The van der Waals surface area contributed by atoms with Crippen LogP contribution in [-0.4, -0.2) is 31.0 Å². The van der Waals surface area contributed by atoms with Crippen molar-refractivity contribution in [2.24, 2.45) is 0 Å². The van der Waals surface area contributed by atoms with E-state index in [1.807, 2.05) is 0 Å². The summed E-state index contributed by atoms with van der Waals surface area (Å²) >= 11 is 0.